The Morgan fingerprint density at radius 1 is 1.33 bits per heavy atom. The van der Waals surface area contributed by atoms with Gasteiger partial charge >= 0.3 is 6.18 Å². The molecule has 0 radical (unpaired) electrons. The third kappa shape index (κ3) is 1.79. The summed E-state index contributed by atoms with van der Waals surface area (Å²) in [4.78, 5) is 0. The molecule has 5 heteroatoms. The molecule has 15 heavy (non-hydrogen) atoms. The number of ether oxygens (including phenoxy) is 1. The monoisotopic (exact) mass is 217 g/mol. The van der Waals surface area contributed by atoms with E-state index in [2.05, 4.69) is 0 Å². The summed E-state index contributed by atoms with van der Waals surface area (Å²) < 4.78 is 42.4. The lowest BCUT2D eigenvalue weighted by Crippen LogP contribution is -2.28. The lowest BCUT2D eigenvalue weighted by molar-refractivity contribution is -0.149. The predicted molar refractivity (Wildman–Crippen MR) is 48.6 cm³/mol. The van der Waals surface area contributed by atoms with E-state index >= 15 is 0 Å². The highest BCUT2D eigenvalue weighted by atomic mass is 19.4. The molecule has 1 aliphatic heterocycles. The van der Waals surface area contributed by atoms with Gasteiger partial charge < -0.3 is 10.5 Å². The van der Waals surface area contributed by atoms with Crippen LogP contribution in [0, 0.1) is 0 Å². The summed E-state index contributed by atoms with van der Waals surface area (Å²) in [5.74, 6) is 0.308. The number of nitrogens with two attached hydrogens (primary N) is 1. The van der Waals surface area contributed by atoms with Gasteiger partial charge in [-0.2, -0.15) is 13.2 Å². The van der Waals surface area contributed by atoms with Gasteiger partial charge in [0.1, 0.15) is 11.8 Å². The van der Waals surface area contributed by atoms with Crippen LogP contribution in [0.1, 0.15) is 17.2 Å². The molecule has 0 aliphatic carbocycles. The molecule has 1 aliphatic rings. The van der Waals surface area contributed by atoms with Crippen molar-refractivity contribution >= 4 is 0 Å². The lowest BCUT2D eigenvalue weighted by Gasteiger charge is -2.18. The van der Waals surface area contributed by atoms with Crippen LogP contribution in [0.15, 0.2) is 18.2 Å². The molecular formula is C10H10F3NO. The lowest BCUT2D eigenvalue weighted by atomic mass is 10.0. The highest BCUT2D eigenvalue weighted by Gasteiger charge is 2.40. The summed E-state index contributed by atoms with van der Waals surface area (Å²) in [5, 5.41) is 0. The van der Waals surface area contributed by atoms with Crippen LogP contribution in [0.3, 0.4) is 0 Å². The van der Waals surface area contributed by atoms with Crippen LogP contribution >= 0.6 is 0 Å². The molecule has 0 bridgehead atoms. The van der Waals surface area contributed by atoms with Crippen LogP contribution in [0.2, 0.25) is 0 Å². The molecule has 0 amide bonds. The molecule has 1 aromatic rings. The maximum Gasteiger partial charge on any atom is 0.407 e. The second-order valence-electron chi connectivity index (χ2n) is 3.45. The third-order valence-corrected chi connectivity index (χ3v) is 2.43. The molecule has 1 heterocycles. The maximum absolute atomic E-state index is 12.4. The van der Waals surface area contributed by atoms with Crippen molar-refractivity contribution in [2.45, 2.75) is 18.6 Å². The fraction of sp³-hybridized carbons (Fsp3) is 0.400. The Labute approximate surface area is 84.8 Å². The first kappa shape index (κ1) is 10.3. The average Bonchev–Trinajstić information content (AvgIpc) is 2.62. The summed E-state index contributed by atoms with van der Waals surface area (Å²) in [6.07, 6.45) is -3.78. The number of rotatable bonds is 1. The van der Waals surface area contributed by atoms with E-state index in [9.17, 15) is 13.2 Å². The van der Waals surface area contributed by atoms with E-state index < -0.39 is 12.2 Å². The molecule has 0 aromatic heterocycles. The SMILES string of the molecule is NC(c1cccc2c1OCC2)C(F)(F)F. The van der Waals surface area contributed by atoms with Crippen molar-refractivity contribution < 1.29 is 17.9 Å². The zero-order valence-electron chi connectivity index (χ0n) is 7.84. The topological polar surface area (TPSA) is 35.2 Å². The van der Waals surface area contributed by atoms with Crippen molar-refractivity contribution in [3.05, 3.63) is 29.3 Å². The first-order chi connectivity index (χ1) is 7.00. The second-order valence-corrected chi connectivity index (χ2v) is 3.45. The summed E-state index contributed by atoms with van der Waals surface area (Å²) in [7, 11) is 0. The molecule has 1 atom stereocenters. The average molecular weight is 217 g/mol. The molecule has 0 saturated carbocycles. The standard InChI is InChI=1S/C10H10F3NO/c11-10(12,13)9(14)7-3-1-2-6-4-5-15-8(6)7/h1-3,9H,4-5,14H2. The number of benzene rings is 1. The Morgan fingerprint density at radius 3 is 2.73 bits per heavy atom. The van der Waals surface area contributed by atoms with Crippen LogP contribution in [-0.4, -0.2) is 12.8 Å². The van der Waals surface area contributed by atoms with Crippen molar-refractivity contribution in [3.8, 4) is 5.75 Å². The van der Waals surface area contributed by atoms with Crippen molar-refractivity contribution in [1.29, 1.82) is 0 Å². The Bertz CT molecular complexity index is 375. The van der Waals surface area contributed by atoms with Gasteiger partial charge in [-0.05, 0) is 5.56 Å². The van der Waals surface area contributed by atoms with Crippen LogP contribution in [0.4, 0.5) is 13.2 Å². The molecule has 0 spiro atoms. The van der Waals surface area contributed by atoms with Gasteiger partial charge in [-0.3, -0.25) is 0 Å². The van der Waals surface area contributed by atoms with Gasteiger partial charge in [0.05, 0.1) is 6.61 Å². The number of halogens is 3. The van der Waals surface area contributed by atoms with E-state index in [0.29, 0.717) is 18.8 Å². The van der Waals surface area contributed by atoms with E-state index in [1.165, 1.54) is 6.07 Å². The highest BCUT2D eigenvalue weighted by Crippen LogP contribution is 2.39. The van der Waals surface area contributed by atoms with Gasteiger partial charge in [0, 0.05) is 12.0 Å². The predicted octanol–water partition coefficient (Wildman–Crippen LogP) is 2.18. The first-order valence-corrected chi connectivity index (χ1v) is 4.57. The van der Waals surface area contributed by atoms with Crippen molar-refractivity contribution in [3.63, 3.8) is 0 Å². The molecule has 82 valence electrons. The van der Waals surface area contributed by atoms with Gasteiger partial charge in [-0.25, -0.2) is 0 Å². The number of alkyl halides is 3. The normalized spacial score (nSPS) is 17.1. The van der Waals surface area contributed by atoms with Gasteiger partial charge in [0.15, 0.2) is 0 Å². The smallest absolute Gasteiger partial charge is 0.407 e. The molecular weight excluding hydrogens is 207 g/mol. The minimum atomic E-state index is -4.43. The minimum absolute atomic E-state index is 0.0255. The zero-order chi connectivity index (χ0) is 11.1. The van der Waals surface area contributed by atoms with Crippen molar-refractivity contribution in [2.75, 3.05) is 6.61 Å². The molecule has 1 aromatic carbocycles. The van der Waals surface area contributed by atoms with Crippen LogP contribution < -0.4 is 10.5 Å². The molecule has 2 rings (SSSR count). The Kier molecular flexibility index (Phi) is 2.34. The first-order valence-electron chi connectivity index (χ1n) is 4.57. The summed E-state index contributed by atoms with van der Waals surface area (Å²) in [6, 6.07) is 2.73. The van der Waals surface area contributed by atoms with Crippen molar-refractivity contribution in [2.24, 2.45) is 5.73 Å². The van der Waals surface area contributed by atoms with E-state index in [-0.39, 0.29) is 5.56 Å². The van der Waals surface area contributed by atoms with Gasteiger partial charge in [0.25, 0.3) is 0 Å². The Morgan fingerprint density at radius 2 is 2.07 bits per heavy atom. The quantitative estimate of drug-likeness (QED) is 0.782. The second kappa shape index (κ2) is 3.41. The number of hydrogen-bond acceptors (Lipinski definition) is 2. The third-order valence-electron chi connectivity index (χ3n) is 2.43. The summed E-state index contributed by atoms with van der Waals surface area (Å²) >= 11 is 0. The highest BCUT2D eigenvalue weighted by molar-refractivity contribution is 5.45. The molecule has 2 N–H and O–H groups in total. The van der Waals surface area contributed by atoms with E-state index in [0.717, 1.165) is 5.56 Å². The molecule has 2 nitrogen and oxygen atoms in total. The van der Waals surface area contributed by atoms with Crippen molar-refractivity contribution in [1.82, 2.24) is 0 Å². The molecule has 1 unspecified atom stereocenters. The van der Waals surface area contributed by atoms with Gasteiger partial charge in [-0.15, -0.1) is 0 Å². The Balaban J connectivity index is 2.41. The zero-order valence-corrected chi connectivity index (χ0v) is 7.84. The Hall–Kier alpha value is -1.23. The summed E-state index contributed by atoms with van der Waals surface area (Å²) in [5.41, 5.74) is 5.96. The number of para-hydroxylation sites is 1. The fourth-order valence-corrected chi connectivity index (χ4v) is 1.66. The maximum atomic E-state index is 12.4. The minimum Gasteiger partial charge on any atom is -0.493 e. The van der Waals surface area contributed by atoms with E-state index in [1.54, 1.807) is 12.1 Å². The largest absolute Gasteiger partial charge is 0.493 e. The number of hydrogen-bond donors (Lipinski definition) is 1. The summed E-state index contributed by atoms with van der Waals surface area (Å²) in [6.45, 7) is 0.428. The fourth-order valence-electron chi connectivity index (χ4n) is 1.66. The number of fused-ring (bicyclic) bond motifs is 1. The van der Waals surface area contributed by atoms with Crippen LogP contribution in [0.25, 0.3) is 0 Å². The van der Waals surface area contributed by atoms with Gasteiger partial charge in [-0.1, -0.05) is 18.2 Å². The van der Waals surface area contributed by atoms with Gasteiger partial charge in [0.2, 0.25) is 0 Å². The van der Waals surface area contributed by atoms with Crippen LogP contribution in [0.5, 0.6) is 5.75 Å². The molecule has 0 fully saturated rings. The van der Waals surface area contributed by atoms with Crippen LogP contribution in [-0.2, 0) is 6.42 Å². The molecule has 0 saturated heterocycles. The van der Waals surface area contributed by atoms with E-state index in [4.69, 9.17) is 10.5 Å². The van der Waals surface area contributed by atoms with E-state index in [1.807, 2.05) is 0 Å².